The molecule has 1 unspecified atom stereocenters. The van der Waals surface area contributed by atoms with E-state index in [4.69, 9.17) is 4.18 Å². The van der Waals surface area contributed by atoms with Crippen LogP contribution in [0.25, 0.3) is 0 Å². The van der Waals surface area contributed by atoms with Crippen LogP contribution >= 0.6 is 12.2 Å². The zero-order valence-corrected chi connectivity index (χ0v) is 16.8. The quantitative estimate of drug-likeness (QED) is 0.422. The van der Waals surface area contributed by atoms with Crippen LogP contribution in [0, 0.1) is 0 Å². The van der Waals surface area contributed by atoms with Gasteiger partial charge < -0.3 is 0 Å². The zero-order valence-electron chi connectivity index (χ0n) is 15.2. The van der Waals surface area contributed by atoms with E-state index in [1.165, 1.54) is 12.0 Å². The molecule has 1 heterocycles. The topological polar surface area (TPSA) is 59.0 Å². The molecule has 26 heavy (non-hydrogen) atoms. The second kappa shape index (κ2) is 8.28. The lowest BCUT2D eigenvalue weighted by Gasteiger charge is -2.51. The van der Waals surface area contributed by atoms with Gasteiger partial charge in [0.25, 0.3) is 10.1 Å². The third kappa shape index (κ3) is 4.41. The van der Waals surface area contributed by atoms with Crippen molar-refractivity contribution in [1.29, 1.82) is 0 Å². The number of likely N-dealkylation sites (tertiary alicyclic amines) is 1. The summed E-state index contributed by atoms with van der Waals surface area (Å²) in [6.07, 6.45) is 9.13. The maximum atomic E-state index is 11.8. The van der Waals surface area contributed by atoms with Gasteiger partial charge in [0.1, 0.15) is 6.23 Å². The Balaban J connectivity index is 1.98. The van der Waals surface area contributed by atoms with Gasteiger partial charge in [0.15, 0.2) is 0 Å². The molecule has 2 aliphatic rings. The van der Waals surface area contributed by atoms with E-state index < -0.39 is 10.1 Å². The van der Waals surface area contributed by atoms with Crippen molar-refractivity contribution in [2.45, 2.75) is 63.1 Å². The number of thiocarbonyl (C=S) groups is 1. The van der Waals surface area contributed by atoms with E-state index in [1.807, 2.05) is 12.1 Å². The lowest BCUT2D eigenvalue weighted by atomic mass is 9.74. The summed E-state index contributed by atoms with van der Waals surface area (Å²) in [6.45, 7) is 0.861. The monoisotopic (exact) mass is 394 g/mol. The minimum atomic E-state index is -3.49. The summed E-state index contributed by atoms with van der Waals surface area (Å²) in [5.74, 6) is 0. The summed E-state index contributed by atoms with van der Waals surface area (Å²) in [4.78, 5) is 6.35. The molecule has 0 radical (unpaired) electrons. The standard InChI is InChI=1S/C19H26N2O3S2/c1-26(22,23)24-18-7-3-6-14-21(18)19(12-4-2-5-13-19)16-8-10-17(11-9-16)20-15-25/h8-11,18H,2-7,12-14H2,1H3. The molecule has 7 heteroatoms. The minimum Gasteiger partial charge on any atom is -0.267 e. The van der Waals surface area contributed by atoms with Crippen molar-refractivity contribution in [3.05, 3.63) is 29.8 Å². The van der Waals surface area contributed by atoms with Gasteiger partial charge in [0, 0.05) is 12.1 Å². The number of benzene rings is 1. The van der Waals surface area contributed by atoms with Gasteiger partial charge in [-0.05, 0) is 62.0 Å². The lowest BCUT2D eigenvalue weighted by molar-refractivity contribution is -0.0906. The van der Waals surface area contributed by atoms with Gasteiger partial charge in [0.2, 0.25) is 0 Å². The van der Waals surface area contributed by atoms with Crippen molar-refractivity contribution >= 4 is 33.2 Å². The van der Waals surface area contributed by atoms with Crippen molar-refractivity contribution in [2.75, 3.05) is 12.8 Å². The zero-order chi connectivity index (χ0) is 18.6. The molecule has 1 atom stereocenters. The van der Waals surface area contributed by atoms with Crippen molar-refractivity contribution in [2.24, 2.45) is 4.99 Å². The largest absolute Gasteiger partial charge is 0.267 e. The molecule has 1 aromatic carbocycles. The summed E-state index contributed by atoms with van der Waals surface area (Å²) in [5.41, 5.74) is 1.83. The van der Waals surface area contributed by atoms with E-state index in [1.54, 1.807) is 0 Å². The van der Waals surface area contributed by atoms with Gasteiger partial charge in [-0.3, -0.25) is 9.08 Å². The molecule has 1 saturated heterocycles. The van der Waals surface area contributed by atoms with Gasteiger partial charge in [-0.2, -0.15) is 13.4 Å². The van der Waals surface area contributed by atoms with Crippen molar-refractivity contribution in [3.8, 4) is 0 Å². The van der Waals surface area contributed by atoms with E-state index in [2.05, 4.69) is 39.4 Å². The number of hydrogen-bond acceptors (Lipinski definition) is 6. The van der Waals surface area contributed by atoms with Crippen LogP contribution < -0.4 is 0 Å². The first-order valence-corrected chi connectivity index (χ1v) is 11.5. The molecule has 0 amide bonds. The summed E-state index contributed by atoms with van der Waals surface area (Å²) >= 11 is 4.68. The number of aliphatic imine (C=N–C) groups is 1. The number of nitrogens with zero attached hydrogens (tertiary/aromatic N) is 2. The summed E-state index contributed by atoms with van der Waals surface area (Å²) in [6, 6.07) is 8.12. The van der Waals surface area contributed by atoms with Gasteiger partial charge in [-0.25, -0.2) is 0 Å². The van der Waals surface area contributed by atoms with Crippen LogP contribution in [0.5, 0.6) is 0 Å². The van der Waals surface area contributed by atoms with Crippen LogP contribution in [0.2, 0.25) is 0 Å². The molecule has 1 aliphatic heterocycles. The highest BCUT2D eigenvalue weighted by atomic mass is 32.2. The normalized spacial score (nSPS) is 24.0. The minimum absolute atomic E-state index is 0.173. The van der Waals surface area contributed by atoms with E-state index in [9.17, 15) is 8.42 Å². The Morgan fingerprint density at radius 3 is 2.46 bits per heavy atom. The average Bonchev–Trinajstić information content (AvgIpc) is 2.62. The Morgan fingerprint density at radius 2 is 1.85 bits per heavy atom. The molecule has 0 spiro atoms. The highest BCUT2D eigenvalue weighted by Crippen LogP contribution is 2.45. The molecule has 2 fully saturated rings. The van der Waals surface area contributed by atoms with E-state index in [0.29, 0.717) is 0 Å². The Bertz CT molecular complexity index is 764. The molecule has 3 rings (SSSR count). The number of hydrogen-bond donors (Lipinski definition) is 0. The molecule has 5 nitrogen and oxygen atoms in total. The molecule has 1 saturated carbocycles. The van der Waals surface area contributed by atoms with Crippen LogP contribution in [-0.2, 0) is 19.8 Å². The van der Waals surface area contributed by atoms with Gasteiger partial charge in [-0.15, -0.1) is 0 Å². The Hall–Kier alpha value is -1.11. The predicted octanol–water partition coefficient (Wildman–Crippen LogP) is 4.37. The molecular weight excluding hydrogens is 368 g/mol. The third-order valence-corrected chi connectivity index (χ3v) is 6.21. The maximum absolute atomic E-state index is 11.8. The van der Waals surface area contributed by atoms with E-state index >= 15 is 0 Å². The molecule has 1 aromatic rings. The fourth-order valence-electron chi connectivity index (χ4n) is 4.47. The molecule has 1 aliphatic carbocycles. The highest BCUT2D eigenvalue weighted by molar-refractivity contribution is 7.86. The first kappa shape index (κ1) is 19.6. The number of rotatable bonds is 5. The number of piperidine rings is 1. The second-order valence-electron chi connectivity index (χ2n) is 7.29. The molecule has 0 N–H and O–H groups in total. The molecular formula is C19H26N2O3S2. The van der Waals surface area contributed by atoms with Crippen molar-refractivity contribution < 1.29 is 12.6 Å². The molecule has 142 valence electrons. The first-order chi connectivity index (χ1) is 12.4. The summed E-state index contributed by atoms with van der Waals surface area (Å²) in [7, 11) is -3.49. The summed E-state index contributed by atoms with van der Waals surface area (Å²) in [5, 5.41) is 2.40. The SMILES string of the molecule is CS(=O)(=O)OC1CCCCN1C1(c2ccc(N=C=S)cc2)CCCCC1. The van der Waals surface area contributed by atoms with E-state index in [-0.39, 0.29) is 11.8 Å². The lowest BCUT2D eigenvalue weighted by Crippen LogP contribution is -2.55. The number of isothiocyanates is 1. The predicted molar refractivity (Wildman–Crippen MR) is 106 cm³/mol. The van der Waals surface area contributed by atoms with Crippen LogP contribution in [0.3, 0.4) is 0 Å². The fraction of sp³-hybridized carbons (Fsp3) is 0.632. The highest BCUT2D eigenvalue weighted by Gasteiger charge is 2.44. The van der Waals surface area contributed by atoms with E-state index in [0.717, 1.165) is 63.4 Å². The Labute approximate surface area is 161 Å². The van der Waals surface area contributed by atoms with Crippen LogP contribution in [0.15, 0.2) is 29.3 Å². The maximum Gasteiger partial charge on any atom is 0.265 e. The smallest absolute Gasteiger partial charge is 0.265 e. The Morgan fingerprint density at radius 1 is 1.15 bits per heavy atom. The summed E-state index contributed by atoms with van der Waals surface area (Å²) < 4.78 is 29.1. The van der Waals surface area contributed by atoms with Crippen molar-refractivity contribution in [1.82, 2.24) is 4.90 Å². The van der Waals surface area contributed by atoms with Crippen LogP contribution in [0.4, 0.5) is 5.69 Å². The fourth-order valence-corrected chi connectivity index (χ4v) is 5.18. The molecule has 0 aromatic heterocycles. The first-order valence-electron chi connectivity index (χ1n) is 9.28. The third-order valence-electron chi connectivity index (χ3n) is 5.54. The van der Waals surface area contributed by atoms with Crippen LogP contribution in [-0.4, -0.2) is 37.5 Å². The van der Waals surface area contributed by atoms with Gasteiger partial charge in [0.05, 0.1) is 17.1 Å². The second-order valence-corrected chi connectivity index (χ2v) is 9.07. The Kier molecular flexibility index (Phi) is 6.25. The average molecular weight is 395 g/mol. The van der Waals surface area contributed by atoms with Gasteiger partial charge >= 0.3 is 0 Å². The van der Waals surface area contributed by atoms with Crippen LogP contribution in [0.1, 0.15) is 56.9 Å². The van der Waals surface area contributed by atoms with Crippen molar-refractivity contribution in [3.63, 3.8) is 0 Å². The molecule has 0 bridgehead atoms. The van der Waals surface area contributed by atoms with Gasteiger partial charge in [-0.1, -0.05) is 31.4 Å².